The van der Waals surface area contributed by atoms with E-state index in [1.54, 1.807) is 0 Å². The minimum absolute atomic E-state index is 0.0950. The summed E-state index contributed by atoms with van der Waals surface area (Å²) in [5.41, 5.74) is 7.42. The van der Waals surface area contributed by atoms with Gasteiger partial charge in [0.1, 0.15) is 6.29 Å². The molecular formula is C32H34O2. The monoisotopic (exact) mass is 450 g/mol. The fraction of sp³-hybridized carbons (Fsp3) is 0.219. The fourth-order valence-electron chi connectivity index (χ4n) is 3.81. The number of aldehydes is 1. The first kappa shape index (κ1) is 25.1. The van der Waals surface area contributed by atoms with Crippen LogP contribution in [0.3, 0.4) is 0 Å². The van der Waals surface area contributed by atoms with Crippen molar-refractivity contribution in [2.75, 3.05) is 6.61 Å². The number of carbonyl (C=O) groups excluding carboxylic acids is 1. The molecule has 34 heavy (non-hydrogen) atoms. The SMILES string of the molecule is C[C@H](C=O)Cc1ccc(-c2ccccc2)cc1.C[C@H](CO)Cc1ccc(-c2ccccc2)cc1. The highest BCUT2D eigenvalue weighted by Gasteiger charge is 2.03. The number of carbonyl (C=O) groups is 1. The van der Waals surface area contributed by atoms with E-state index in [-0.39, 0.29) is 12.5 Å². The molecule has 0 amide bonds. The van der Waals surface area contributed by atoms with Crippen LogP contribution in [0.5, 0.6) is 0 Å². The summed E-state index contributed by atoms with van der Waals surface area (Å²) in [7, 11) is 0. The topological polar surface area (TPSA) is 37.3 Å². The summed E-state index contributed by atoms with van der Waals surface area (Å²) in [6, 6.07) is 37.7. The van der Waals surface area contributed by atoms with Crippen LogP contribution in [0.1, 0.15) is 25.0 Å². The molecule has 0 radical (unpaired) electrons. The van der Waals surface area contributed by atoms with Gasteiger partial charge in [-0.3, -0.25) is 0 Å². The highest BCUT2D eigenvalue weighted by Crippen LogP contribution is 2.21. The van der Waals surface area contributed by atoms with Crippen molar-refractivity contribution >= 4 is 6.29 Å². The first-order valence-corrected chi connectivity index (χ1v) is 11.9. The van der Waals surface area contributed by atoms with Crippen LogP contribution < -0.4 is 0 Å². The van der Waals surface area contributed by atoms with Crippen LogP contribution in [0, 0.1) is 11.8 Å². The molecule has 0 unspecified atom stereocenters. The zero-order chi connectivity index (χ0) is 24.2. The van der Waals surface area contributed by atoms with Gasteiger partial charge in [-0.25, -0.2) is 0 Å². The van der Waals surface area contributed by atoms with Crippen molar-refractivity contribution in [2.24, 2.45) is 11.8 Å². The average Bonchev–Trinajstić information content (AvgIpc) is 2.91. The van der Waals surface area contributed by atoms with Gasteiger partial charge in [0.05, 0.1) is 0 Å². The molecule has 0 aliphatic rings. The van der Waals surface area contributed by atoms with Crippen molar-refractivity contribution in [2.45, 2.75) is 26.7 Å². The maximum atomic E-state index is 10.6. The summed E-state index contributed by atoms with van der Waals surface area (Å²) in [5.74, 6) is 0.426. The predicted octanol–water partition coefficient (Wildman–Crippen LogP) is 7.26. The second kappa shape index (κ2) is 13.3. The van der Waals surface area contributed by atoms with Crippen molar-refractivity contribution in [1.29, 1.82) is 0 Å². The summed E-state index contributed by atoms with van der Waals surface area (Å²) in [5, 5.41) is 9.03. The summed E-state index contributed by atoms with van der Waals surface area (Å²) in [6.45, 7) is 4.25. The van der Waals surface area contributed by atoms with Gasteiger partial charge in [-0.2, -0.15) is 0 Å². The molecule has 0 aliphatic carbocycles. The van der Waals surface area contributed by atoms with Gasteiger partial charge in [0.15, 0.2) is 0 Å². The Kier molecular flexibility index (Phi) is 9.81. The Labute approximate surface area is 203 Å². The molecule has 1 N–H and O–H groups in total. The predicted molar refractivity (Wildman–Crippen MR) is 143 cm³/mol. The molecule has 0 fully saturated rings. The molecule has 0 bridgehead atoms. The van der Waals surface area contributed by atoms with Crippen LogP contribution in [0.25, 0.3) is 22.3 Å². The molecule has 2 nitrogen and oxygen atoms in total. The van der Waals surface area contributed by atoms with Crippen LogP contribution in [0.4, 0.5) is 0 Å². The van der Waals surface area contributed by atoms with E-state index >= 15 is 0 Å². The van der Waals surface area contributed by atoms with Gasteiger partial charge in [-0.05, 0) is 52.1 Å². The standard InChI is InChI=1S/C16H18O.C16H16O/c2*1-13(12-17)11-14-7-9-16(10-8-14)15-5-3-2-4-6-15/h2-10,13,17H,11-12H2,1H3;2-10,12-13H,11H2,1H3/t2*13-/m00/s1. The highest BCUT2D eigenvalue weighted by atomic mass is 16.3. The van der Waals surface area contributed by atoms with Gasteiger partial charge in [-0.1, -0.05) is 123 Å². The van der Waals surface area contributed by atoms with Gasteiger partial charge in [0, 0.05) is 12.5 Å². The minimum Gasteiger partial charge on any atom is -0.396 e. The molecule has 0 saturated carbocycles. The summed E-state index contributed by atoms with van der Waals surface area (Å²) < 4.78 is 0. The van der Waals surface area contributed by atoms with Crippen molar-refractivity contribution in [1.82, 2.24) is 0 Å². The normalized spacial score (nSPS) is 12.2. The fourth-order valence-corrected chi connectivity index (χ4v) is 3.81. The molecule has 2 atom stereocenters. The van der Waals surface area contributed by atoms with Crippen molar-refractivity contribution in [3.05, 3.63) is 120 Å². The van der Waals surface area contributed by atoms with E-state index in [0.29, 0.717) is 5.92 Å². The smallest absolute Gasteiger partial charge is 0.123 e. The van der Waals surface area contributed by atoms with Crippen molar-refractivity contribution < 1.29 is 9.90 Å². The van der Waals surface area contributed by atoms with E-state index in [4.69, 9.17) is 5.11 Å². The van der Waals surface area contributed by atoms with Gasteiger partial charge in [0.25, 0.3) is 0 Å². The Bertz CT molecular complexity index is 1100. The molecule has 0 heterocycles. The second-order valence-electron chi connectivity index (χ2n) is 8.94. The van der Waals surface area contributed by atoms with E-state index in [1.165, 1.54) is 33.4 Å². The number of rotatable bonds is 8. The number of aliphatic hydroxyl groups excluding tert-OH is 1. The largest absolute Gasteiger partial charge is 0.396 e. The Hall–Kier alpha value is -3.49. The number of aliphatic hydroxyl groups is 1. The maximum Gasteiger partial charge on any atom is 0.123 e. The van der Waals surface area contributed by atoms with Crippen LogP contribution in [-0.4, -0.2) is 18.0 Å². The van der Waals surface area contributed by atoms with Gasteiger partial charge in [-0.15, -0.1) is 0 Å². The zero-order valence-corrected chi connectivity index (χ0v) is 20.1. The molecular weight excluding hydrogens is 416 g/mol. The van der Waals surface area contributed by atoms with Gasteiger partial charge >= 0.3 is 0 Å². The molecule has 0 aliphatic heterocycles. The number of hydrogen-bond donors (Lipinski definition) is 1. The Balaban J connectivity index is 0.000000191. The molecule has 4 aromatic rings. The lowest BCUT2D eigenvalue weighted by Gasteiger charge is -2.08. The third-order valence-electron chi connectivity index (χ3n) is 5.81. The Morgan fingerprint density at radius 3 is 1.35 bits per heavy atom. The van der Waals surface area contributed by atoms with E-state index in [2.05, 4.69) is 91.9 Å². The zero-order valence-electron chi connectivity index (χ0n) is 20.1. The van der Waals surface area contributed by atoms with Gasteiger partial charge < -0.3 is 9.90 Å². The van der Waals surface area contributed by atoms with E-state index < -0.39 is 0 Å². The van der Waals surface area contributed by atoms with Crippen LogP contribution in [0.15, 0.2) is 109 Å². The molecule has 4 rings (SSSR count). The van der Waals surface area contributed by atoms with E-state index in [0.717, 1.165) is 19.1 Å². The number of benzene rings is 4. The van der Waals surface area contributed by atoms with Crippen LogP contribution in [-0.2, 0) is 17.6 Å². The van der Waals surface area contributed by atoms with Crippen LogP contribution in [0.2, 0.25) is 0 Å². The highest BCUT2D eigenvalue weighted by molar-refractivity contribution is 5.64. The molecule has 174 valence electrons. The lowest BCUT2D eigenvalue weighted by molar-refractivity contribution is -0.110. The third-order valence-corrected chi connectivity index (χ3v) is 5.81. The molecule has 0 saturated heterocycles. The lowest BCUT2D eigenvalue weighted by atomic mass is 9.99. The molecule has 2 heteroatoms. The minimum atomic E-state index is 0.0950. The average molecular weight is 451 g/mol. The van der Waals surface area contributed by atoms with Crippen LogP contribution >= 0.6 is 0 Å². The first-order chi connectivity index (χ1) is 16.6. The van der Waals surface area contributed by atoms with Crippen molar-refractivity contribution in [3.8, 4) is 22.3 Å². The summed E-state index contributed by atoms with van der Waals surface area (Å²) in [6.07, 6.45) is 2.76. The Morgan fingerprint density at radius 1 is 0.588 bits per heavy atom. The van der Waals surface area contributed by atoms with E-state index in [1.807, 2.05) is 31.2 Å². The van der Waals surface area contributed by atoms with E-state index in [9.17, 15) is 4.79 Å². The van der Waals surface area contributed by atoms with Crippen molar-refractivity contribution in [3.63, 3.8) is 0 Å². The maximum absolute atomic E-state index is 10.6. The third kappa shape index (κ3) is 7.83. The summed E-state index contributed by atoms with van der Waals surface area (Å²) in [4.78, 5) is 10.6. The lowest BCUT2D eigenvalue weighted by Crippen LogP contribution is -2.04. The number of hydrogen-bond acceptors (Lipinski definition) is 2. The second-order valence-corrected chi connectivity index (χ2v) is 8.94. The first-order valence-electron chi connectivity index (χ1n) is 11.9. The quantitative estimate of drug-likeness (QED) is 0.287. The molecule has 0 aromatic heterocycles. The Morgan fingerprint density at radius 2 is 0.971 bits per heavy atom. The summed E-state index contributed by atoms with van der Waals surface area (Å²) >= 11 is 0. The molecule has 0 spiro atoms. The van der Waals surface area contributed by atoms with Gasteiger partial charge in [0.2, 0.25) is 0 Å². The molecule has 4 aromatic carbocycles.